The second-order valence-electron chi connectivity index (χ2n) is 9.94. The molecule has 0 radical (unpaired) electrons. The molecule has 1 fully saturated rings. The van der Waals surface area contributed by atoms with Crippen LogP contribution in [-0.2, 0) is 25.7 Å². The molecule has 0 aromatic heterocycles. The average Bonchev–Trinajstić information content (AvgIpc) is 2.82. The molecule has 5 N–H and O–H groups in total. The Labute approximate surface area is 213 Å². The van der Waals surface area contributed by atoms with E-state index in [9.17, 15) is 14.4 Å². The van der Waals surface area contributed by atoms with E-state index in [0.717, 1.165) is 31.3 Å². The number of allylic oxidation sites excluding steroid dienone is 1. The molecule has 1 unspecified atom stereocenters. The molecule has 0 aliphatic carbocycles. The Bertz CT molecular complexity index is 928. The van der Waals surface area contributed by atoms with Crippen molar-refractivity contribution < 1.29 is 19.1 Å². The van der Waals surface area contributed by atoms with Crippen molar-refractivity contribution in [2.75, 3.05) is 26.2 Å². The van der Waals surface area contributed by atoms with Gasteiger partial charge in [0.2, 0.25) is 17.7 Å². The zero-order valence-corrected chi connectivity index (χ0v) is 21.8. The van der Waals surface area contributed by atoms with E-state index < -0.39 is 23.4 Å². The molecule has 36 heavy (non-hydrogen) atoms. The number of hydrogen-bond donors (Lipinski definition) is 4. The molecular weight excluding hydrogens is 460 g/mol. The van der Waals surface area contributed by atoms with Crippen LogP contribution in [0.1, 0.15) is 46.1 Å². The van der Waals surface area contributed by atoms with Crippen LogP contribution in [0.2, 0.25) is 0 Å². The molecule has 1 saturated heterocycles. The van der Waals surface area contributed by atoms with Gasteiger partial charge in [-0.05, 0) is 45.1 Å². The van der Waals surface area contributed by atoms with Crippen LogP contribution in [0.15, 0.2) is 42.2 Å². The zero-order valence-electron chi connectivity index (χ0n) is 21.8. The Morgan fingerprint density at radius 1 is 1.31 bits per heavy atom. The summed E-state index contributed by atoms with van der Waals surface area (Å²) in [6, 6.07) is 8.50. The lowest BCUT2D eigenvalue weighted by Crippen LogP contribution is -2.57. The molecule has 1 aliphatic heterocycles. The van der Waals surface area contributed by atoms with Gasteiger partial charge in [-0.1, -0.05) is 37.3 Å². The van der Waals surface area contributed by atoms with Crippen molar-refractivity contribution >= 4 is 24.1 Å². The molecule has 198 valence electrons. The van der Waals surface area contributed by atoms with Gasteiger partial charge in [-0.15, -0.1) is 0 Å². The Balaban J connectivity index is 2.00. The first-order valence-electron chi connectivity index (χ1n) is 12.2. The fraction of sp³-hybridized carbons (Fsp3) is 0.538. The van der Waals surface area contributed by atoms with Gasteiger partial charge in [0, 0.05) is 25.0 Å². The third-order valence-corrected chi connectivity index (χ3v) is 5.78. The summed E-state index contributed by atoms with van der Waals surface area (Å²) < 4.78 is 5.70. The van der Waals surface area contributed by atoms with E-state index in [0.29, 0.717) is 18.2 Å². The second kappa shape index (κ2) is 13.7. The van der Waals surface area contributed by atoms with Gasteiger partial charge >= 0.3 is 0 Å². The summed E-state index contributed by atoms with van der Waals surface area (Å²) >= 11 is 0. The third-order valence-electron chi connectivity index (χ3n) is 5.78. The summed E-state index contributed by atoms with van der Waals surface area (Å²) in [5.41, 5.74) is 6.06. The van der Waals surface area contributed by atoms with Gasteiger partial charge in [0.15, 0.2) is 0 Å². The summed E-state index contributed by atoms with van der Waals surface area (Å²) in [6.45, 7) is 8.53. The van der Waals surface area contributed by atoms with Crippen molar-refractivity contribution in [1.82, 2.24) is 20.4 Å². The SMILES string of the molecule is C/C(=C\N(C=N)CC(=O)N1CCCC(C)C1)NC(=O)[C@@H](COCc1ccccc1)NC(=O)C(C)(C)N. The third kappa shape index (κ3) is 9.79. The van der Waals surface area contributed by atoms with Crippen LogP contribution in [0.5, 0.6) is 0 Å². The molecule has 10 heteroatoms. The lowest BCUT2D eigenvalue weighted by atomic mass is 10.0. The smallest absolute Gasteiger partial charge is 0.249 e. The molecular formula is C26H40N6O4. The first-order chi connectivity index (χ1) is 17.0. The standard InChI is InChI=1S/C26H40N6O4/c1-19-9-8-12-32(13-19)23(33)15-31(18-27)14-20(2)29-24(34)22(30-25(35)26(3,4)28)17-36-16-21-10-6-5-7-11-21/h5-7,10-11,14,18-19,22,27H,8-9,12-13,15-17,28H2,1-4H3,(H,29,34)(H,30,35)/b20-14+,27-18?/t19?,22-/m1/s1. The van der Waals surface area contributed by atoms with Crippen LogP contribution >= 0.6 is 0 Å². The first kappa shape index (κ1) is 29.0. The molecule has 1 aromatic carbocycles. The highest BCUT2D eigenvalue weighted by Gasteiger charge is 2.28. The minimum atomic E-state index is -1.17. The minimum absolute atomic E-state index is 0.00510. The van der Waals surface area contributed by atoms with Gasteiger partial charge < -0.3 is 30.9 Å². The van der Waals surface area contributed by atoms with Gasteiger partial charge in [-0.25, -0.2) is 0 Å². The summed E-state index contributed by atoms with van der Waals surface area (Å²) in [5, 5.41) is 13.1. The number of carbonyl (C=O) groups excluding carboxylic acids is 3. The molecule has 0 saturated carbocycles. The summed E-state index contributed by atoms with van der Waals surface area (Å²) in [6.07, 6.45) is 4.64. The predicted molar refractivity (Wildman–Crippen MR) is 139 cm³/mol. The Hall–Kier alpha value is -3.24. The molecule has 3 amide bonds. The first-order valence-corrected chi connectivity index (χ1v) is 12.2. The molecule has 1 aliphatic rings. The Morgan fingerprint density at radius 2 is 2.00 bits per heavy atom. The van der Waals surface area contributed by atoms with Gasteiger partial charge in [0.1, 0.15) is 12.6 Å². The number of piperidine rings is 1. The van der Waals surface area contributed by atoms with Gasteiger partial charge in [-0.3, -0.25) is 19.8 Å². The molecule has 1 aromatic rings. The fourth-order valence-electron chi connectivity index (χ4n) is 3.76. The number of ether oxygens (including phenoxy) is 1. The number of nitrogens with zero attached hydrogens (tertiary/aromatic N) is 2. The number of nitrogens with one attached hydrogen (secondary N) is 3. The van der Waals surface area contributed by atoms with Crippen LogP contribution in [0.4, 0.5) is 0 Å². The topological polar surface area (TPSA) is 141 Å². The van der Waals surface area contributed by atoms with Crippen LogP contribution in [-0.4, -0.2) is 71.7 Å². The van der Waals surface area contributed by atoms with Crippen molar-refractivity contribution in [3.63, 3.8) is 0 Å². The predicted octanol–water partition coefficient (Wildman–Crippen LogP) is 1.57. The lowest BCUT2D eigenvalue weighted by molar-refractivity contribution is -0.132. The van der Waals surface area contributed by atoms with E-state index in [4.69, 9.17) is 15.9 Å². The quantitative estimate of drug-likeness (QED) is 0.254. The molecule has 0 bridgehead atoms. The van der Waals surface area contributed by atoms with Gasteiger partial charge in [0.05, 0.1) is 25.1 Å². The number of benzene rings is 1. The van der Waals surface area contributed by atoms with Crippen molar-refractivity contribution in [1.29, 1.82) is 5.41 Å². The minimum Gasteiger partial charge on any atom is -0.374 e. The van der Waals surface area contributed by atoms with E-state index in [-0.39, 0.29) is 25.7 Å². The van der Waals surface area contributed by atoms with Crippen LogP contribution in [0, 0.1) is 11.3 Å². The van der Waals surface area contributed by atoms with Crippen LogP contribution in [0.3, 0.4) is 0 Å². The Morgan fingerprint density at radius 3 is 2.61 bits per heavy atom. The van der Waals surface area contributed by atoms with Crippen molar-refractivity contribution in [2.45, 2.75) is 58.7 Å². The summed E-state index contributed by atoms with van der Waals surface area (Å²) in [5.74, 6) is -0.585. The molecule has 10 nitrogen and oxygen atoms in total. The van der Waals surface area contributed by atoms with E-state index in [1.807, 2.05) is 35.2 Å². The fourth-order valence-corrected chi connectivity index (χ4v) is 3.76. The van der Waals surface area contributed by atoms with Crippen molar-refractivity contribution in [3.05, 3.63) is 47.8 Å². The number of carbonyl (C=O) groups is 3. The van der Waals surface area contributed by atoms with Crippen molar-refractivity contribution in [3.8, 4) is 0 Å². The molecule has 2 rings (SSSR count). The highest BCUT2D eigenvalue weighted by atomic mass is 16.5. The van der Waals surface area contributed by atoms with Gasteiger partial charge in [-0.2, -0.15) is 0 Å². The lowest BCUT2D eigenvalue weighted by Gasteiger charge is -2.32. The largest absolute Gasteiger partial charge is 0.374 e. The molecule has 2 atom stereocenters. The molecule has 1 heterocycles. The number of rotatable bonds is 12. The number of hydrogen-bond acceptors (Lipinski definition) is 6. The number of amides is 3. The zero-order chi connectivity index (χ0) is 26.7. The number of likely N-dealkylation sites (tertiary alicyclic amines) is 1. The maximum absolute atomic E-state index is 13.0. The molecule has 0 spiro atoms. The highest BCUT2D eigenvalue weighted by molar-refractivity contribution is 5.92. The monoisotopic (exact) mass is 500 g/mol. The maximum Gasteiger partial charge on any atom is 0.249 e. The van der Waals surface area contributed by atoms with E-state index in [1.165, 1.54) is 11.1 Å². The van der Waals surface area contributed by atoms with Crippen molar-refractivity contribution in [2.24, 2.45) is 11.7 Å². The summed E-state index contributed by atoms with van der Waals surface area (Å²) in [7, 11) is 0. The average molecular weight is 501 g/mol. The normalized spacial score (nSPS) is 17.2. The highest BCUT2D eigenvalue weighted by Crippen LogP contribution is 2.15. The van der Waals surface area contributed by atoms with E-state index >= 15 is 0 Å². The summed E-state index contributed by atoms with van der Waals surface area (Å²) in [4.78, 5) is 41.3. The van der Waals surface area contributed by atoms with Crippen LogP contribution < -0.4 is 16.4 Å². The maximum atomic E-state index is 13.0. The number of nitrogens with two attached hydrogens (primary N) is 1. The van der Waals surface area contributed by atoms with Gasteiger partial charge in [0.25, 0.3) is 0 Å². The van der Waals surface area contributed by atoms with E-state index in [1.54, 1.807) is 20.8 Å². The second-order valence-corrected chi connectivity index (χ2v) is 9.94. The van der Waals surface area contributed by atoms with Crippen LogP contribution in [0.25, 0.3) is 0 Å². The van der Waals surface area contributed by atoms with E-state index in [2.05, 4.69) is 17.6 Å². The Kier molecular flexibility index (Phi) is 11.1.